The van der Waals surface area contributed by atoms with Crippen LogP contribution in [0.1, 0.15) is 33.6 Å². The first-order valence-electron chi connectivity index (χ1n) is 10.9. The number of benzene rings is 2. The van der Waals surface area contributed by atoms with Crippen LogP contribution in [0.5, 0.6) is 0 Å². The molecule has 1 fully saturated rings. The smallest absolute Gasteiger partial charge is 0.261 e. The molecule has 168 valence electrons. The molecule has 0 aromatic heterocycles. The first kappa shape index (κ1) is 23.7. The molecule has 1 aliphatic rings. The van der Waals surface area contributed by atoms with Gasteiger partial charge in [-0.1, -0.05) is 81.4 Å². The Kier molecular flexibility index (Phi) is 7.37. The minimum Gasteiger partial charge on any atom is -0.407 e. The number of hydroxylamine groups is 2. The van der Waals surface area contributed by atoms with Gasteiger partial charge in [-0.3, -0.25) is 9.63 Å². The van der Waals surface area contributed by atoms with Crippen molar-refractivity contribution in [1.29, 1.82) is 0 Å². The standard InChI is InChI=1S/C25H35NO4Si/c1-25(2,3)31(20-12-8-6-9-13-20,21-14-10-7-11-15-21)30-18-19-16-22(19)23(27)17-24(28)26(4)29-5/h6-15,19,22-23,27H,16-18H2,1-5H3/t19-,22+,23+/m0/s1. The molecule has 0 heterocycles. The van der Waals surface area contributed by atoms with Gasteiger partial charge in [0.15, 0.2) is 0 Å². The average Bonchev–Trinajstić information content (AvgIpc) is 3.54. The number of hydrogen-bond donors (Lipinski definition) is 1. The van der Waals surface area contributed by atoms with E-state index in [9.17, 15) is 9.90 Å². The zero-order valence-electron chi connectivity index (χ0n) is 19.2. The highest BCUT2D eigenvalue weighted by Crippen LogP contribution is 2.45. The Bertz CT molecular complexity index is 813. The molecule has 1 amide bonds. The predicted molar refractivity (Wildman–Crippen MR) is 126 cm³/mol. The molecule has 0 bridgehead atoms. The first-order valence-corrected chi connectivity index (χ1v) is 12.8. The summed E-state index contributed by atoms with van der Waals surface area (Å²) >= 11 is 0. The van der Waals surface area contributed by atoms with E-state index in [0.29, 0.717) is 6.61 Å². The number of rotatable bonds is 9. The van der Waals surface area contributed by atoms with Crippen LogP contribution in [0.15, 0.2) is 60.7 Å². The van der Waals surface area contributed by atoms with Crippen LogP contribution < -0.4 is 10.4 Å². The lowest BCUT2D eigenvalue weighted by molar-refractivity contribution is -0.171. The van der Waals surface area contributed by atoms with Crippen LogP contribution in [0.4, 0.5) is 0 Å². The van der Waals surface area contributed by atoms with Gasteiger partial charge in [0.2, 0.25) is 5.91 Å². The minimum atomic E-state index is -2.57. The summed E-state index contributed by atoms with van der Waals surface area (Å²) in [5, 5.41) is 14.1. The molecular weight excluding hydrogens is 406 g/mol. The molecule has 3 atom stereocenters. The highest BCUT2D eigenvalue weighted by molar-refractivity contribution is 6.99. The topological polar surface area (TPSA) is 59.0 Å². The van der Waals surface area contributed by atoms with Gasteiger partial charge in [0.05, 0.1) is 19.6 Å². The Morgan fingerprint density at radius 3 is 2.06 bits per heavy atom. The maximum Gasteiger partial charge on any atom is 0.261 e. The second-order valence-electron chi connectivity index (χ2n) is 9.48. The number of hydrogen-bond acceptors (Lipinski definition) is 4. The van der Waals surface area contributed by atoms with E-state index < -0.39 is 14.4 Å². The molecule has 3 rings (SSSR count). The van der Waals surface area contributed by atoms with Crippen molar-refractivity contribution in [2.45, 2.75) is 44.8 Å². The summed E-state index contributed by atoms with van der Waals surface area (Å²) < 4.78 is 6.95. The van der Waals surface area contributed by atoms with E-state index in [4.69, 9.17) is 9.26 Å². The van der Waals surface area contributed by atoms with Crippen LogP contribution in [0.2, 0.25) is 5.04 Å². The van der Waals surface area contributed by atoms with Gasteiger partial charge in [-0.05, 0) is 33.7 Å². The fraction of sp³-hybridized carbons (Fsp3) is 0.480. The monoisotopic (exact) mass is 441 g/mol. The van der Waals surface area contributed by atoms with Crippen molar-refractivity contribution in [3.05, 3.63) is 60.7 Å². The van der Waals surface area contributed by atoms with Gasteiger partial charge in [0.25, 0.3) is 8.32 Å². The molecule has 2 aromatic rings. The van der Waals surface area contributed by atoms with Gasteiger partial charge >= 0.3 is 0 Å². The Labute approximate surface area is 187 Å². The SMILES string of the molecule is CON(C)C(=O)C[C@@H](O)[C@@H]1C[C@H]1CO[Si](c1ccccc1)(c1ccccc1)C(C)(C)C. The third-order valence-electron chi connectivity index (χ3n) is 6.41. The van der Waals surface area contributed by atoms with Gasteiger partial charge in [-0.15, -0.1) is 0 Å². The summed E-state index contributed by atoms with van der Waals surface area (Å²) in [5.74, 6) is 0.137. The summed E-state index contributed by atoms with van der Waals surface area (Å²) in [6.45, 7) is 7.37. The average molecular weight is 442 g/mol. The number of aliphatic hydroxyl groups excluding tert-OH is 1. The molecule has 0 spiro atoms. The Morgan fingerprint density at radius 2 is 1.61 bits per heavy atom. The van der Waals surface area contributed by atoms with E-state index in [1.54, 1.807) is 7.05 Å². The second kappa shape index (κ2) is 9.65. The third-order valence-corrected chi connectivity index (χ3v) is 11.4. The number of nitrogens with zero attached hydrogens (tertiary/aromatic N) is 1. The van der Waals surface area contributed by atoms with E-state index in [-0.39, 0.29) is 29.2 Å². The van der Waals surface area contributed by atoms with Crippen LogP contribution in [-0.4, -0.2) is 51.3 Å². The summed E-state index contributed by atoms with van der Waals surface area (Å²) in [6, 6.07) is 21.1. The molecule has 0 unspecified atom stereocenters. The van der Waals surface area contributed by atoms with Gasteiger partial charge in [-0.25, -0.2) is 5.06 Å². The van der Waals surface area contributed by atoms with Gasteiger partial charge in [0, 0.05) is 13.7 Å². The van der Waals surface area contributed by atoms with E-state index >= 15 is 0 Å². The van der Waals surface area contributed by atoms with Crippen molar-refractivity contribution in [2.75, 3.05) is 20.8 Å². The van der Waals surface area contributed by atoms with E-state index in [1.807, 2.05) is 12.1 Å². The number of aliphatic hydroxyl groups is 1. The highest BCUT2D eigenvalue weighted by Gasteiger charge is 2.52. The number of carbonyl (C=O) groups is 1. The van der Waals surface area contributed by atoms with Crippen LogP contribution in [0.3, 0.4) is 0 Å². The zero-order valence-corrected chi connectivity index (χ0v) is 20.2. The fourth-order valence-corrected chi connectivity index (χ4v) is 9.11. The zero-order chi connectivity index (χ0) is 22.6. The van der Waals surface area contributed by atoms with Crippen LogP contribution in [0, 0.1) is 11.8 Å². The summed E-state index contributed by atoms with van der Waals surface area (Å²) in [4.78, 5) is 17.0. The molecule has 5 nitrogen and oxygen atoms in total. The molecular formula is C25H35NO4Si. The van der Waals surface area contributed by atoms with Crippen LogP contribution in [-0.2, 0) is 14.1 Å². The Hall–Kier alpha value is -1.99. The van der Waals surface area contributed by atoms with Gasteiger partial charge in [-0.2, -0.15) is 0 Å². The third kappa shape index (κ3) is 5.09. The predicted octanol–water partition coefficient (Wildman–Crippen LogP) is 2.97. The molecule has 0 radical (unpaired) electrons. The maximum absolute atomic E-state index is 12.1. The molecule has 1 saturated carbocycles. The number of carbonyl (C=O) groups excluding carboxylic acids is 1. The minimum absolute atomic E-state index is 0.0736. The van der Waals surface area contributed by atoms with Crippen molar-refractivity contribution in [1.82, 2.24) is 5.06 Å². The summed E-state index contributed by atoms with van der Waals surface area (Å²) in [5.41, 5.74) is 0. The van der Waals surface area contributed by atoms with Crippen molar-refractivity contribution in [3.8, 4) is 0 Å². The quantitative estimate of drug-likeness (QED) is 0.480. The van der Waals surface area contributed by atoms with Crippen LogP contribution >= 0.6 is 0 Å². The molecule has 31 heavy (non-hydrogen) atoms. The van der Waals surface area contributed by atoms with Gasteiger partial charge < -0.3 is 9.53 Å². The molecule has 0 saturated heterocycles. The molecule has 2 aromatic carbocycles. The van der Waals surface area contributed by atoms with Gasteiger partial charge in [0.1, 0.15) is 0 Å². The normalized spacial score (nSPS) is 19.7. The van der Waals surface area contributed by atoms with Crippen molar-refractivity contribution < 1.29 is 19.2 Å². The van der Waals surface area contributed by atoms with E-state index in [2.05, 4.69) is 69.3 Å². The fourth-order valence-electron chi connectivity index (χ4n) is 4.49. The summed E-state index contributed by atoms with van der Waals surface area (Å²) in [6.07, 6.45) is 0.284. The largest absolute Gasteiger partial charge is 0.407 e. The summed E-state index contributed by atoms with van der Waals surface area (Å²) in [7, 11) is 0.438. The maximum atomic E-state index is 12.1. The first-order chi connectivity index (χ1) is 14.7. The lowest BCUT2D eigenvalue weighted by atomic mass is 10.1. The second-order valence-corrected chi connectivity index (χ2v) is 13.8. The Morgan fingerprint density at radius 1 is 1.10 bits per heavy atom. The lowest BCUT2D eigenvalue weighted by Crippen LogP contribution is -2.66. The molecule has 6 heteroatoms. The van der Waals surface area contributed by atoms with Crippen LogP contribution in [0.25, 0.3) is 0 Å². The number of amides is 1. The molecule has 1 N–H and O–H groups in total. The molecule has 1 aliphatic carbocycles. The van der Waals surface area contributed by atoms with Crippen molar-refractivity contribution in [2.24, 2.45) is 11.8 Å². The van der Waals surface area contributed by atoms with Crippen molar-refractivity contribution >= 4 is 24.6 Å². The van der Waals surface area contributed by atoms with Crippen molar-refractivity contribution in [3.63, 3.8) is 0 Å². The lowest BCUT2D eigenvalue weighted by Gasteiger charge is -2.43. The molecule has 0 aliphatic heterocycles. The highest BCUT2D eigenvalue weighted by atomic mass is 28.4. The Balaban J connectivity index is 1.79. The van der Waals surface area contributed by atoms with E-state index in [0.717, 1.165) is 6.42 Å². The van der Waals surface area contributed by atoms with E-state index in [1.165, 1.54) is 22.5 Å².